The first-order valence-electron chi connectivity index (χ1n) is 2.98. The second kappa shape index (κ2) is 3.63. The van der Waals surface area contributed by atoms with Crippen LogP contribution in [-0.2, 0) is 0 Å². The lowest BCUT2D eigenvalue weighted by Crippen LogP contribution is -2.16. The standard InChI is InChI=1S/C5H11Cl3Si2/c1-9(2,6)4-5-10(3,7)8/h4-5H,1-3H3/b5-4+. The van der Waals surface area contributed by atoms with Crippen molar-refractivity contribution < 1.29 is 0 Å². The van der Waals surface area contributed by atoms with E-state index in [0.29, 0.717) is 0 Å². The SMILES string of the molecule is C[Si](C)(Cl)/C=C/[Si](C)(Cl)Cl. The van der Waals surface area contributed by atoms with Crippen molar-refractivity contribution in [3.63, 3.8) is 0 Å². The fourth-order valence-electron chi connectivity index (χ4n) is 0.344. The molecule has 0 aliphatic rings. The number of halogens is 3. The molecule has 0 aliphatic carbocycles. The van der Waals surface area contributed by atoms with E-state index in [1.165, 1.54) is 0 Å². The maximum atomic E-state index is 6.00. The predicted molar refractivity (Wildman–Crippen MR) is 55.8 cm³/mol. The summed E-state index contributed by atoms with van der Waals surface area (Å²) in [5.41, 5.74) is 3.84. The summed E-state index contributed by atoms with van der Waals surface area (Å²) in [4.78, 5) is 0. The predicted octanol–water partition coefficient (Wildman–Crippen LogP) is 3.61. The Balaban J connectivity index is 4.01. The zero-order chi connectivity index (χ0) is 8.41. The summed E-state index contributed by atoms with van der Waals surface area (Å²) in [6.07, 6.45) is 0. The second-order valence-electron chi connectivity index (χ2n) is 2.85. The Morgan fingerprint density at radius 1 is 0.900 bits per heavy atom. The molecule has 0 fully saturated rings. The zero-order valence-corrected chi connectivity index (χ0v) is 10.6. The van der Waals surface area contributed by atoms with Crippen LogP contribution < -0.4 is 0 Å². The van der Waals surface area contributed by atoms with Gasteiger partial charge >= 0.3 is 0 Å². The van der Waals surface area contributed by atoms with Crippen LogP contribution >= 0.6 is 33.2 Å². The summed E-state index contributed by atoms with van der Waals surface area (Å²) >= 11 is 17.6. The minimum absolute atomic E-state index is 1.61. The summed E-state index contributed by atoms with van der Waals surface area (Å²) in [7, 11) is -1.61. The van der Waals surface area contributed by atoms with E-state index in [-0.39, 0.29) is 0 Å². The molecule has 10 heavy (non-hydrogen) atoms. The first-order valence-corrected chi connectivity index (χ1v) is 11.7. The molecule has 0 heterocycles. The molecule has 0 amide bonds. The third-order valence-electron chi connectivity index (χ3n) is 0.772. The summed E-state index contributed by atoms with van der Waals surface area (Å²) < 4.78 is 0. The minimum Gasteiger partial charge on any atom is -0.162 e. The Morgan fingerprint density at radius 2 is 1.30 bits per heavy atom. The highest BCUT2D eigenvalue weighted by Gasteiger charge is 2.19. The van der Waals surface area contributed by atoms with Gasteiger partial charge in [0.25, 0.3) is 6.69 Å². The van der Waals surface area contributed by atoms with E-state index in [2.05, 4.69) is 0 Å². The summed E-state index contributed by atoms with van der Waals surface area (Å²) in [6, 6.07) is 0. The lowest BCUT2D eigenvalue weighted by atomic mass is 11.2. The smallest absolute Gasteiger partial charge is 0.162 e. The third-order valence-corrected chi connectivity index (χ3v) is 3.95. The molecule has 60 valence electrons. The normalized spacial score (nSPS) is 14.6. The molecule has 0 nitrogen and oxygen atoms in total. The van der Waals surface area contributed by atoms with E-state index >= 15 is 0 Å². The highest BCUT2D eigenvalue weighted by molar-refractivity contribution is 7.47. The van der Waals surface area contributed by atoms with Gasteiger partial charge in [-0.1, -0.05) is 24.5 Å². The van der Waals surface area contributed by atoms with E-state index in [1.807, 2.05) is 31.0 Å². The van der Waals surface area contributed by atoms with Crippen molar-refractivity contribution in [3.8, 4) is 0 Å². The van der Waals surface area contributed by atoms with Crippen LogP contribution in [0.5, 0.6) is 0 Å². The summed E-state index contributed by atoms with van der Waals surface area (Å²) in [5, 5.41) is 0. The van der Waals surface area contributed by atoms with E-state index in [0.717, 1.165) is 0 Å². The molecular weight excluding hydrogens is 223 g/mol. The largest absolute Gasteiger partial charge is 0.270 e. The second-order valence-corrected chi connectivity index (χ2v) is 16.8. The van der Waals surface area contributed by atoms with Crippen molar-refractivity contribution >= 4 is 47.3 Å². The van der Waals surface area contributed by atoms with Gasteiger partial charge in [-0.2, -0.15) is 11.1 Å². The molecule has 0 aromatic carbocycles. The Labute approximate surface area is 78.3 Å². The maximum Gasteiger partial charge on any atom is 0.270 e. The molecule has 0 rings (SSSR count). The van der Waals surface area contributed by atoms with Gasteiger partial charge in [-0.25, -0.2) is 0 Å². The van der Waals surface area contributed by atoms with Crippen LogP contribution in [0.4, 0.5) is 0 Å². The molecule has 0 N–H and O–H groups in total. The average Bonchev–Trinajstić information content (AvgIpc) is 1.57. The van der Waals surface area contributed by atoms with Gasteiger partial charge in [0, 0.05) is 0 Å². The molecule has 0 spiro atoms. The van der Waals surface area contributed by atoms with Gasteiger partial charge in [0.2, 0.25) is 0 Å². The topological polar surface area (TPSA) is 0 Å². The third kappa shape index (κ3) is 9.04. The van der Waals surface area contributed by atoms with Crippen molar-refractivity contribution in [3.05, 3.63) is 11.4 Å². The fourth-order valence-corrected chi connectivity index (χ4v) is 4.80. The number of hydrogen-bond donors (Lipinski definition) is 0. The van der Waals surface area contributed by atoms with Crippen LogP contribution in [0.25, 0.3) is 0 Å². The van der Waals surface area contributed by atoms with Gasteiger partial charge < -0.3 is 0 Å². The Kier molecular flexibility index (Phi) is 4.01. The number of hydrogen-bond acceptors (Lipinski definition) is 0. The van der Waals surface area contributed by atoms with E-state index in [4.69, 9.17) is 33.2 Å². The fraction of sp³-hybridized carbons (Fsp3) is 0.600. The van der Waals surface area contributed by atoms with Crippen LogP contribution in [0.2, 0.25) is 19.6 Å². The molecule has 0 aromatic rings. The van der Waals surface area contributed by atoms with Crippen molar-refractivity contribution in [1.29, 1.82) is 0 Å². The molecule has 0 saturated heterocycles. The molecule has 0 aromatic heterocycles. The molecule has 5 heteroatoms. The Morgan fingerprint density at radius 3 is 1.40 bits per heavy atom. The van der Waals surface area contributed by atoms with E-state index in [1.54, 1.807) is 0 Å². The van der Waals surface area contributed by atoms with Gasteiger partial charge in [-0.05, 0) is 6.55 Å². The molecule has 0 aliphatic heterocycles. The summed E-state index contributed by atoms with van der Waals surface area (Å²) in [6.45, 7) is 3.85. The number of rotatable bonds is 2. The molecule has 0 saturated carbocycles. The maximum absolute atomic E-state index is 6.00. The van der Waals surface area contributed by atoms with Crippen LogP contribution in [0.15, 0.2) is 11.4 Å². The van der Waals surface area contributed by atoms with Gasteiger partial charge in [0.1, 0.15) is 0 Å². The van der Waals surface area contributed by atoms with E-state index < -0.39 is 14.1 Å². The molecule has 0 unspecified atom stereocenters. The van der Waals surface area contributed by atoms with Crippen LogP contribution in [0.1, 0.15) is 0 Å². The zero-order valence-electron chi connectivity index (χ0n) is 6.29. The van der Waals surface area contributed by atoms with E-state index in [9.17, 15) is 0 Å². The Bertz CT molecular complexity index is 115. The van der Waals surface area contributed by atoms with Crippen LogP contribution in [0.3, 0.4) is 0 Å². The lowest BCUT2D eigenvalue weighted by molar-refractivity contribution is 1.94. The Hall–Kier alpha value is 1.04. The average molecular weight is 234 g/mol. The molecule has 0 bridgehead atoms. The van der Waals surface area contributed by atoms with Gasteiger partial charge in [-0.3, -0.25) is 0 Å². The highest BCUT2D eigenvalue weighted by Crippen LogP contribution is 2.18. The van der Waals surface area contributed by atoms with Gasteiger partial charge in [0.05, 0.1) is 0 Å². The van der Waals surface area contributed by atoms with Crippen molar-refractivity contribution in [1.82, 2.24) is 0 Å². The monoisotopic (exact) mass is 232 g/mol. The van der Waals surface area contributed by atoms with Crippen molar-refractivity contribution in [2.75, 3.05) is 0 Å². The van der Waals surface area contributed by atoms with Crippen LogP contribution in [0, 0.1) is 0 Å². The molecule has 0 atom stereocenters. The minimum atomic E-state index is -2.05. The quantitative estimate of drug-likeness (QED) is 0.505. The van der Waals surface area contributed by atoms with Crippen molar-refractivity contribution in [2.45, 2.75) is 19.6 Å². The highest BCUT2D eigenvalue weighted by atomic mass is 35.7. The first-order chi connectivity index (χ1) is 4.21. The summed E-state index contributed by atoms with van der Waals surface area (Å²) in [5.74, 6) is 0. The van der Waals surface area contributed by atoms with Gasteiger partial charge in [0.15, 0.2) is 7.38 Å². The first kappa shape index (κ1) is 11.0. The van der Waals surface area contributed by atoms with Crippen LogP contribution in [-0.4, -0.2) is 14.1 Å². The molecule has 0 radical (unpaired) electrons. The van der Waals surface area contributed by atoms with Gasteiger partial charge in [-0.15, -0.1) is 22.2 Å². The molecular formula is C5H11Cl3Si2. The van der Waals surface area contributed by atoms with Crippen molar-refractivity contribution in [2.24, 2.45) is 0 Å². The lowest BCUT2D eigenvalue weighted by Gasteiger charge is -2.08.